The Morgan fingerprint density at radius 2 is 0.761 bits per heavy atom. The SMILES string of the molecule is C.C1CCOCC1.CC1(C)CCCCO1.C[C@@H]1CCC[C@@H](C)O1.C[C@@H]1CCC[C@H](C)O1.C[C@H]1CCCCO1.C[C@H]1CCC[C@H](C)O1. The van der Waals surface area contributed by atoms with Crippen molar-refractivity contribution >= 4 is 0 Å². The number of rotatable bonds is 0. The van der Waals surface area contributed by atoms with E-state index in [1.807, 2.05) is 0 Å². The number of hydrogen-bond donors (Lipinski definition) is 0. The van der Waals surface area contributed by atoms with Crippen LogP contribution in [0.3, 0.4) is 0 Å². The molecule has 6 aliphatic heterocycles. The summed E-state index contributed by atoms with van der Waals surface area (Å²) in [5, 5.41) is 0. The third kappa shape index (κ3) is 27.7. The third-order valence-corrected chi connectivity index (χ3v) is 9.21. The molecule has 0 unspecified atom stereocenters. The van der Waals surface area contributed by atoms with Gasteiger partial charge in [-0.15, -0.1) is 0 Å². The van der Waals surface area contributed by atoms with Crippen LogP contribution in [-0.4, -0.2) is 74.8 Å². The minimum absolute atomic E-state index is 0. The lowest BCUT2D eigenvalue weighted by atomic mass is 9.99. The fraction of sp³-hybridized carbons (Fsp3) is 1.00. The van der Waals surface area contributed by atoms with Crippen LogP contribution in [0.2, 0.25) is 0 Å². The van der Waals surface area contributed by atoms with Crippen molar-refractivity contribution in [3.8, 4) is 0 Å². The molecule has 6 rings (SSSR count). The van der Waals surface area contributed by atoms with E-state index in [-0.39, 0.29) is 13.0 Å². The van der Waals surface area contributed by atoms with Gasteiger partial charge in [0.05, 0.1) is 48.3 Å². The molecule has 6 saturated heterocycles. The predicted molar refractivity (Wildman–Crippen MR) is 196 cm³/mol. The van der Waals surface area contributed by atoms with Crippen molar-refractivity contribution in [3.05, 3.63) is 0 Å². The van der Waals surface area contributed by atoms with Gasteiger partial charge in [0.15, 0.2) is 0 Å². The van der Waals surface area contributed by atoms with Crippen LogP contribution in [0.25, 0.3) is 0 Å². The Kier molecular flexibility index (Phi) is 28.4. The van der Waals surface area contributed by atoms with E-state index in [1.165, 1.54) is 116 Å². The van der Waals surface area contributed by atoms with E-state index in [4.69, 9.17) is 28.4 Å². The van der Waals surface area contributed by atoms with Crippen molar-refractivity contribution < 1.29 is 28.4 Å². The van der Waals surface area contributed by atoms with Gasteiger partial charge >= 0.3 is 0 Å². The molecule has 6 fully saturated rings. The molecule has 0 aromatic heterocycles. The van der Waals surface area contributed by atoms with Crippen LogP contribution in [0.1, 0.15) is 185 Å². The standard InChI is InChI=1S/4C7H14O.C6H12O.C5H10O.CH4/c1-7(2)5-3-4-6-8-7;3*1-6-4-3-5-7(2)8-6;1-6-4-2-3-5-7-6;1-2-4-6-5-3-1;/h3-6H2,1-2H3;3*6-7H,3-5H2,1-2H3;6H,2-5H2,1H3;1-5H2;1H4/t;6-,7+;2*6-,7-;6-;;/m..100../s1. The van der Waals surface area contributed by atoms with Crippen molar-refractivity contribution in [2.45, 2.75) is 234 Å². The molecule has 0 bridgehead atoms. The molecule has 0 saturated carbocycles. The molecule has 0 aliphatic carbocycles. The average Bonchev–Trinajstić information content (AvgIpc) is 3.00. The van der Waals surface area contributed by atoms with Crippen molar-refractivity contribution in [1.82, 2.24) is 0 Å². The van der Waals surface area contributed by atoms with Crippen LogP contribution in [-0.2, 0) is 28.4 Å². The Hall–Kier alpha value is -0.240. The molecule has 278 valence electrons. The van der Waals surface area contributed by atoms with Gasteiger partial charge in [0, 0.05) is 26.4 Å². The van der Waals surface area contributed by atoms with Crippen LogP contribution in [0.5, 0.6) is 0 Å². The summed E-state index contributed by atoms with van der Waals surface area (Å²) in [6, 6.07) is 0. The summed E-state index contributed by atoms with van der Waals surface area (Å²) in [6.07, 6.45) is 26.8. The highest BCUT2D eigenvalue weighted by molar-refractivity contribution is 4.71. The highest BCUT2D eigenvalue weighted by atomic mass is 16.5. The Balaban J connectivity index is 0.000000527. The Bertz CT molecular complexity index is 557. The fourth-order valence-corrected chi connectivity index (χ4v) is 6.34. The van der Waals surface area contributed by atoms with Gasteiger partial charge in [-0.3, -0.25) is 0 Å². The van der Waals surface area contributed by atoms with E-state index >= 15 is 0 Å². The Morgan fingerprint density at radius 1 is 0.391 bits per heavy atom. The van der Waals surface area contributed by atoms with Crippen molar-refractivity contribution in [2.75, 3.05) is 26.4 Å². The molecule has 6 nitrogen and oxygen atoms in total. The van der Waals surface area contributed by atoms with E-state index in [2.05, 4.69) is 62.3 Å². The molecule has 0 N–H and O–H groups in total. The third-order valence-electron chi connectivity index (χ3n) is 9.21. The maximum Gasteiger partial charge on any atom is 0.0626 e. The lowest BCUT2D eigenvalue weighted by Gasteiger charge is -2.29. The lowest BCUT2D eigenvalue weighted by molar-refractivity contribution is -0.0511. The van der Waals surface area contributed by atoms with Crippen molar-refractivity contribution in [1.29, 1.82) is 0 Å². The smallest absolute Gasteiger partial charge is 0.0626 e. The summed E-state index contributed by atoms with van der Waals surface area (Å²) in [6.45, 7) is 23.3. The zero-order chi connectivity index (χ0) is 33.3. The maximum atomic E-state index is 5.49. The van der Waals surface area contributed by atoms with E-state index in [0.29, 0.717) is 42.7 Å². The summed E-state index contributed by atoms with van der Waals surface area (Å²) in [7, 11) is 0. The molecule has 46 heavy (non-hydrogen) atoms. The van der Waals surface area contributed by atoms with E-state index in [1.54, 1.807) is 0 Å². The molecular weight excluding hydrogens is 576 g/mol. The second-order valence-corrected chi connectivity index (χ2v) is 15.0. The Labute approximate surface area is 288 Å². The van der Waals surface area contributed by atoms with Crippen LogP contribution in [0.4, 0.5) is 0 Å². The number of ether oxygens (including phenoxy) is 6. The first kappa shape index (κ1) is 45.8. The monoisotopic (exact) mass is 659 g/mol. The Morgan fingerprint density at radius 3 is 0.913 bits per heavy atom. The maximum absolute atomic E-state index is 5.49. The van der Waals surface area contributed by atoms with Crippen molar-refractivity contribution in [2.24, 2.45) is 0 Å². The van der Waals surface area contributed by atoms with Crippen LogP contribution in [0, 0.1) is 0 Å². The molecular formula is C40H82O6. The summed E-state index contributed by atoms with van der Waals surface area (Å²) < 4.78 is 32.3. The second kappa shape index (κ2) is 28.6. The van der Waals surface area contributed by atoms with Gasteiger partial charge in [0.2, 0.25) is 0 Å². The van der Waals surface area contributed by atoms with Gasteiger partial charge in [-0.25, -0.2) is 0 Å². The van der Waals surface area contributed by atoms with Crippen molar-refractivity contribution in [3.63, 3.8) is 0 Å². The first-order valence-corrected chi connectivity index (χ1v) is 19.3. The first-order valence-electron chi connectivity index (χ1n) is 19.3. The molecule has 6 heteroatoms. The second-order valence-electron chi connectivity index (χ2n) is 15.0. The molecule has 0 spiro atoms. The minimum Gasteiger partial charge on any atom is -0.381 e. The normalized spacial score (nSPS) is 33.7. The summed E-state index contributed by atoms with van der Waals surface area (Å²) in [4.78, 5) is 0. The van der Waals surface area contributed by atoms with Gasteiger partial charge in [-0.1, -0.05) is 7.43 Å². The molecule has 6 heterocycles. The zero-order valence-corrected chi connectivity index (χ0v) is 31.5. The molecule has 0 aromatic rings. The highest BCUT2D eigenvalue weighted by Gasteiger charge is 2.21. The summed E-state index contributed by atoms with van der Waals surface area (Å²) >= 11 is 0. The molecule has 6 aliphatic rings. The lowest BCUT2D eigenvalue weighted by Crippen LogP contribution is -2.28. The van der Waals surface area contributed by atoms with Crippen LogP contribution in [0.15, 0.2) is 0 Å². The highest BCUT2D eigenvalue weighted by Crippen LogP contribution is 2.23. The van der Waals surface area contributed by atoms with Crippen LogP contribution >= 0.6 is 0 Å². The minimum atomic E-state index is 0. The van der Waals surface area contributed by atoms with Crippen LogP contribution < -0.4 is 0 Å². The van der Waals surface area contributed by atoms with Gasteiger partial charge in [0.25, 0.3) is 0 Å². The van der Waals surface area contributed by atoms with Gasteiger partial charge in [-0.05, 0) is 178 Å². The average molecular weight is 659 g/mol. The van der Waals surface area contributed by atoms with E-state index < -0.39 is 0 Å². The van der Waals surface area contributed by atoms with Gasteiger partial charge < -0.3 is 28.4 Å². The largest absolute Gasteiger partial charge is 0.381 e. The van der Waals surface area contributed by atoms with E-state index in [9.17, 15) is 0 Å². The predicted octanol–water partition coefficient (Wildman–Crippen LogP) is 11.3. The molecule has 0 aromatic carbocycles. The van der Waals surface area contributed by atoms with E-state index in [0.717, 1.165) is 26.4 Å². The summed E-state index contributed by atoms with van der Waals surface area (Å²) in [5.74, 6) is 0. The van der Waals surface area contributed by atoms with Gasteiger partial charge in [0.1, 0.15) is 0 Å². The first-order chi connectivity index (χ1) is 21.5. The molecule has 7 atom stereocenters. The quantitative estimate of drug-likeness (QED) is 0.258. The zero-order valence-electron chi connectivity index (χ0n) is 31.5. The summed E-state index contributed by atoms with van der Waals surface area (Å²) in [5.41, 5.74) is 0.179. The molecule has 0 radical (unpaired) electrons. The van der Waals surface area contributed by atoms with Gasteiger partial charge in [-0.2, -0.15) is 0 Å². The number of hydrogen-bond acceptors (Lipinski definition) is 6. The molecule has 0 amide bonds. The fourth-order valence-electron chi connectivity index (χ4n) is 6.34. The topological polar surface area (TPSA) is 55.4 Å².